The second kappa shape index (κ2) is 7.85. The van der Waals surface area contributed by atoms with Gasteiger partial charge in [0.2, 0.25) is 0 Å². The number of amides is 1. The Bertz CT molecular complexity index is 673. The number of hydrogen-bond acceptors (Lipinski definition) is 3. The Hall–Kier alpha value is -2.11. The first-order valence-electron chi connectivity index (χ1n) is 8.99. The zero-order chi connectivity index (χ0) is 18.6. The molecule has 2 heterocycles. The molecule has 1 amide bonds. The summed E-state index contributed by atoms with van der Waals surface area (Å²) in [5.41, 5.74) is 1.49. The Morgan fingerprint density at radius 2 is 2.12 bits per heavy atom. The summed E-state index contributed by atoms with van der Waals surface area (Å²) in [4.78, 5) is 26.6. The monoisotopic (exact) mass is 347 g/mol. The van der Waals surface area contributed by atoms with E-state index in [1.165, 1.54) is 0 Å². The average Bonchev–Trinajstić information content (AvgIpc) is 2.93. The van der Waals surface area contributed by atoms with Crippen LogP contribution in [-0.4, -0.2) is 44.8 Å². The fourth-order valence-corrected chi connectivity index (χ4v) is 3.37. The van der Waals surface area contributed by atoms with Gasteiger partial charge in [0.1, 0.15) is 0 Å². The number of hydrogen-bond donors (Lipinski definition) is 1. The lowest BCUT2D eigenvalue weighted by Crippen LogP contribution is -2.49. The van der Waals surface area contributed by atoms with Gasteiger partial charge in [0.25, 0.3) is 5.91 Å². The molecule has 1 aromatic rings. The maximum Gasteiger partial charge on any atom is 0.311 e. The third-order valence-corrected chi connectivity index (χ3v) is 4.85. The molecule has 6 nitrogen and oxygen atoms in total. The van der Waals surface area contributed by atoms with E-state index < -0.39 is 11.4 Å². The summed E-state index contributed by atoms with van der Waals surface area (Å²) in [6.07, 6.45) is 6.47. The molecule has 1 aliphatic rings. The lowest BCUT2D eigenvalue weighted by atomic mass is 9.76. The van der Waals surface area contributed by atoms with Crippen LogP contribution in [0.15, 0.2) is 17.8 Å². The minimum Gasteiger partial charge on any atom is -0.481 e. The molecule has 0 bridgehead atoms. The number of carbonyl (C=O) groups is 2. The van der Waals surface area contributed by atoms with Crippen molar-refractivity contribution in [3.05, 3.63) is 29.1 Å². The van der Waals surface area contributed by atoms with Crippen LogP contribution in [0.3, 0.4) is 0 Å². The third-order valence-electron chi connectivity index (χ3n) is 4.85. The van der Waals surface area contributed by atoms with Crippen molar-refractivity contribution in [2.75, 3.05) is 13.1 Å². The highest BCUT2D eigenvalue weighted by atomic mass is 16.4. The Morgan fingerprint density at radius 3 is 2.72 bits per heavy atom. The van der Waals surface area contributed by atoms with Gasteiger partial charge in [0.05, 0.1) is 16.7 Å². The van der Waals surface area contributed by atoms with Crippen LogP contribution in [0.25, 0.3) is 0 Å². The molecule has 1 aromatic heterocycles. The second-order valence-electron chi connectivity index (χ2n) is 7.29. The summed E-state index contributed by atoms with van der Waals surface area (Å²) in [6.45, 7) is 9.45. The first kappa shape index (κ1) is 19.2. The zero-order valence-electron chi connectivity index (χ0n) is 15.7. The quantitative estimate of drug-likeness (QED) is 0.802. The van der Waals surface area contributed by atoms with Crippen molar-refractivity contribution in [2.45, 2.75) is 59.9 Å². The predicted octanol–water partition coefficient (Wildman–Crippen LogP) is 3.26. The number of carboxylic acid groups (broad SMARTS) is 1. The second-order valence-corrected chi connectivity index (χ2v) is 7.29. The molecule has 1 unspecified atom stereocenters. The van der Waals surface area contributed by atoms with Gasteiger partial charge in [-0.05, 0) is 46.5 Å². The maximum atomic E-state index is 13.0. The smallest absolute Gasteiger partial charge is 0.311 e. The van der Waals surface area contributed by atoms with E-state index in [-0.39, 0.29) is 12.5 Å². The van der Waals surface area contributed by atoms with E-state index in [9.17, 15) is 14.7 Å². The van der Waals surface area contributed by atoms with Crippen molar-refractivity contribution in [1.82, 2.24) is 14.7 Å². The summed E-state index contributed by atoms with van der Waals surface area (Å²) >= 11 is 0. The largest absolute Gasteiger partial charge is 0.481 e. The lowest BCUT2D eigenvalue weighted by molar-refractivity contribution is -0.151. The van der Waals surface area contributed by atoms with Crippen LogP contribution >= 0.6 is 0 Å². The highest BCUT2D eigenvalue weighted by Gasteiger charge is 2.43. The van der Waals surface area contributed by atoms with E-state index in [0.717, 1.165) is 18.5 Å². The summed E-state index contributed by atoms with van der Waals surface area (Å²) in [5.74, 6) is -0.928. The topological polar surface area (TPSA) is 75.4 Å². The van der Waals surface area contributed by atoms with Crippen molar-refractivity contribution in [3.63, 3.8) is 0 Å². The summed E-state index contributed by atoms with van der Waals surface area (Å²) in [5, 5.41) is 14.2. The molecule has 0 spiro atoms. The number of aryl methyl sites for hydroxylation is 2. The normalized spacial score (nSPS) is 20.4. The Balaban J connectivity index is 2.22. The number of nitrogens with zero attached hydrogens (tertiary/aromatic N) is 3. The van der Waals surface area contributed by atoms with Crippen LogP contribution in [0.1, 0.15) is 62.5 Å². The fourth-order valence-electron chi connectivity index (χ4n) is 3.37. The predicted molar refractivity (Wildman–Crippen MR) is 96.5 cm³/mol. The molecule has 0 saturated carbocycles. The van der Waals surface area contributed by atoms with Gasteiger partial charge in [0, 0.05) is 25.8 Å². The SMILES string of the molecule is CCCn1cc(C(=O)N2CCCC(CC=C(C)C)(C(=O)O)C2)c(C)n1. The van der Waals surface area contributed by atoms with Crippen LogP contribution in [0.2, 0.25) is 0 Å². The van der Waals surface area contributed by atoms with Gasteiger partial charge in [-0.1, -0.05) is 18.6 Å². The van der Waals surface area contributed by atoms with E-state index in [1.807, 2.05) is 26.8 Å². The van der Waals surface area contributed by atoms with Crippen molar-refractivity contribution in [2.24, 2.45) is 5.41 Å². The third kappa shape index (κ3) is 4.30. The van der Waals surface area contributed by atoms with Gasteiger partial charge >= 0.3 is 5.97 Å². The first-order chi connectivity index (χ1) is 11.8. The van der Waals surface area contributed by atoms with E-state index in [4.69, 9.17) is 0 Å². The van der Waals surface area contributed by atoms with Gasteiger partial charge in [-0.25, -0.2) is 0 Å². The zero-order valence-corrected chi connectivity index (χ0v) is 15.7. The van der Waals surface area contributed by atoms with Crippen LogP contribution < -0.4 is 0 Å². The molecule has 25 heavy (non-hydrogen) atoms. The number of likely N-dealkylation sites (tertiary alicyclic amines) is 1. The van der Waals surface area contributed by atoms with Crippen LogP contribution in [0, 0.1) is 12.3 Å². The molecule has 6 heteroatoms. The fraction of sp³-hybridized carbons (Fsp3) is 0.632. The van der Waals surface area contributed by atoms with Gasteiger partial charge in [-0.15, -0.1) is 0 Å². The van der Waals surface area contributed by atoms with Crippen molar-refractivity contribution in [1.29, 1.82) is 0 Å². The van der Waals surface area contributed by atoms with E-state index in [2.05, 4.69) is 12.0 Å². The number of aromatic nitrogens is 2. The van der Waals surface area contributed by atoms with Crippen LogP contribution in [-0.2, 0) is 11.3 Å². The summed E-state index contributed by atoms with van der Waals surface area (Å²) < 4.78 is 1.79. The van der Waals surface area contributed by atoms with Gasteiger partial charge in [-0.3, -0.25) is 14.3 Å². The Morgan fingerprint density at radius 1 is 1.40 bits per heavy atom. The minimum atomic E-state index is -0.890. The molecule has 1 atom stereocenters. The number of aliphatic carboxylic acids is 1. The number of rotatable bonds is 6. The molecular weight excluding hydrogens is 318 g/mol. The Labute approximate surface area is 149 Å². The number of carboxylic acids is 1. The van der Waals surface area contributed by atoms with Crippen molar-refractivity contribution in [3.8, 4) is 0 Å². The summed E-state index contributed by atoms with van der Waals surface area (Å²) in [7, 11) is 0. The van der Waals surface area contributed by atoms with Gasteiger partial charge in [0.15, 0.2) is 0 Å². The van der Waals surface area contributed by atoms with E-state index in [0.29, 0.717) is 37.1 Å². The molecular formula is C19H29N3O3. The van der Waals surface area contributed by atoms with Crippen molar-refractivity contribution < 1.29 is 14.7 Å². The number of piperidine rings is 1. The van der Waals surface area contributed by atoms with E-state index >= 15 is 0 Å². The highest BCUT2D eigenvalue weighted by Crippen LogP contribution is 2.35. The molecule has 1 aliphatic heterocycles. The molecule has 1 saturated heterocycles. The minimum absolute atomic E-state index is 0.109. The highest BCUT2D eigenvalue weighted by molar-refractivity contribution is 5.95. The molecule has 0 aliphatic carbocycles. The lowest BCUT2D eigenvalue weighted by Gasteiger charge is -2.39. The summed E-state index contributed by atoms with van der Waals surface area (Å²) in [6, 6.07) is 0. The molecule has 1 fully saturated rings. The van der Waals surface area contributed by atoms with Gasteiger partial charge in [-0.2, -0.15) is 5.10 Å². The number of allylic oxidation sites excluding steroid dienone is 2. The molecule has 0 radical (unpaired) electrons. The van der Waals surface area contributed by atoms with E-state index in [1.54, 1.807) is 15.8 Å². The molecule has 138 valence electrons. The standard InChI is InChI=1S/C19H29N3O3/c1-5-10-22-12-16(15(4)20-22)17(23)21-11-6-8-19(13-21,18(24)25)9-7-14(2)3/h7,12H,5-6,8-11,13H2,1-4H3,(H,24,25). The molecule has 0 aromatic carbocycles. The first-order valence-corrected chi connectivity index (χ1v) is 8.99. The van der Waals surface area contributed by atoms with Crippen LogP contribution in [0.5, 0.6) is 0 Å². The molecule has 2 rings (SSSR count). The maximum absolute atomic E-state index is 13.0. The van der Waals surface area contributed by atoms with Crippen LogP contribution in [0.4, 0.5) is 0 Å². The van der Waals surface area contributed by atoms with Gasteiger partial charge < -0.3 is 10.0 Å². The Kier molecular flexibility index (Phi) is 6.03. The average molecular weight is 347 g/mol. The van der Waals surface area contributed by atoms with Crippen molar-refractivity contribution >= 4 is 11.9 Å². The molecule has 1 N–H and O–H groups in total. The number of carbonyl (C=O) groups excluding carboxylic acids is 1.